The van der Waals surface area contributed by atoms with Crippen LogP contribution in [0.3, 0.4) is 0 Å². The summed E-state index contributed by atoms with van der Waals surface area (Å²) in [5, 5.41) is 0.637. The van der Waals surface area contributed by atoms with Gasteiger partial charge in [0.15, 0.2) is 11.6 Å². The van der Waals surface area contributed by atoms with Crippen molar-refractivity contribution in [2.45, 2.75) is 65.2 Å². The van der Waals surface area contributed by atoms with Gasteiger partial charge in [0.1, 0.15) is 0 Å². The van der Waals surface area contributed by atoms with Gasteiger partial charge in [-0.15, -0.1) is 0 Å². The molecule has 0 aliphatic carbocycles. The zero-order valence-corrected chi connectivity index (χ0v) is 14.4. The Morgan fingerprint density at radius 1 is 0.810 bits per heavy atom. The van der Waals surface area contributed by atoms with Crippen molar-refractivity contribution >= 4 is 13.2 Å². The SMILES string of the molecule is CCCCCCCCCP(CCC)c1cccc(F)c1F. The van der Waals surface area contributed by atoms with E-state index in [1.54, 1.807) is 12.1 Å². The number of halogens is 2. The van der Waals surface area contributed by atoms with E-state index in [1.807, 2.05) is 0 Å². The molecule has 1 rings (SSSR count). The first-order chi connectivity index (χ1) is 10.2. The third kappa shape index (κ3) is 6.87. The van der Waals surface area contributed by atoms with Gasteiger partial charge >= 0.3 is 0 Å². The van der Waals surface area contributed by atoms with Crippen LogP contribution in [0.25, 0.3) is 0 Å². The van der Waals surface area contributed by atoms with E-state index in [0.29, 0.717) is 5.30 Å². The van der Waals surface area contributed by atoms with E-state index in [0.717, 1.165) is 25.2 Å². The molecular formula is C18H29F2P. The Kier molecular flexibility index (Phi) is 9.83. The van der Waals surface area contributed by atoms with Crippen LogP contribution >= 0.6 is 7.92 Å². The fourth-order valence-electron chi connectivity index (χ4n) is 2.62. The first-order valence-electron chi connectivity index (χ1n) is 8.39. The van der Waals surface area contributed by atoms with E-state index < -0.39 is 19.6 Å². The fraction of sp³-hybridized carbons (Fsp3) is 0.667. The highest BCUT2D eigenvalue weighted by Gasteiger charge is 2.16. The second-order valence-electron chi connectivity index (χ2n) is 5.68. The Morgan fingerprint density at radius 2 is 1.48 bits per heavy atom. The quantitative estimate of drug-likeness (QED) is 0.335. The minimum atomic E-state index is -0.698. The van der Waals surface area contributed by atoms with Crippen molar-refractivity contribution in [2.24, 2.45) is 0 Å². The van der Waals surface area contributed by atoms with Gasteiger partial charge in [-0.05, 0) is 24.8 Å². The smallest absolute Gasteiger partial charge is 0.166 e. The predicted molar refractivity (Wildman–Crippen MR) is 90.9 cm³/mol. The van der Waals surface area contributed by atoms with Gasteiger partial charge in [0.25, 0.3) is 0 Å². The largest absolute Gasteiger partial charge is 0.204 e. The molecule has 0 saturated heterocycles. The monoisotopic (exact) mass is 314 g/mol. The number of rotatable bonds is 11. The van der Waals surface area contributed by atoms with Crippen LogP contribution in [0.2, 0.25) is 0 Å². The Bertz CT molecular complexity index is 393. The molecule has 0 fully saturated rings. The van der Waals surface area contributed by atoms with Crippen LogP contribution in [0.15, 0.2) is 18.2 Å². The molecule has 3 heteroatoms. The van der Waals surface area contributed by atoms with Crippen LogP contribution in [0.5, 0.6) is 0 Å². The summed E-state index contributed by atoms with van der Waals surface area (Å²) in [7, 11) is -0.535. The molecule has 120 valence electrons. The third-order valence-corrected chi connectivity index (χ3v) is 6.67. The zero-order chi connectivity index (χ0) is 15.5. The van der Waals surface area contributed by atoms with E-state index in [-0.39, 0.29) is 0 Å². The molecule has 1 aromatic rings. The summed E-state index contributed by atoms with van der Waals surface area (Å²) in [5.41, 5.74) is 0. The maximum atomic E-state index is 13.9. The molecule has 1 aromatic carbocycles. The summed E-state index contributed by atoms with van der Waals surface area (Å²) >= 11 is 0. The molecule has 21 heavy (non-hydrogen) atoms. The van der Waals surface area contributed by atoms with E-state index in [9.17, 15) is 8.78 Å². The second-order valence-corrected chi connectivity index (χ2v) is 8.14. The van der Waals surface area contributed by atoms with E-state index in [4.69, 9.17) is 0 Å². The summed E-state index contributed by atoms with van der Waals surface area (Å²) in [6.45, 7) is 4.35. The molecule has 0 nitrogen and oxygen atoms in total. The van der Waals surface area contributed by atoms with Gasteiger partial charge < -0.3 is 0 Å². The van der Waals surface area contributed by atoms with Crippen molar-refractivity contribution in [1.29, 1.82) is 0 Å². The fourth-order valence-corrected chi connectivity index (χ4v) is 5.15. The van der Waals surface area contributed by atoms with Crippen molar-refractivity contribution in [3.8, 4) is 0 Å². The topological polar surface area (TPSA) is 0 Å². The average Bonchev–Trinajstić information content (AvgIpc) is 2.48. The summed E-state index contributed by atoms with van der Waals surface area (Å²) < 4.78 is 27.3. The van der Waals surface area contributed by atoms with Crippen molar-refractivity contribution in [3.05, 3.63) is 29.8 Å². The summed E-state index contributed by atoms with van der Waals surface area (Å²) in [6, 6.07) is 4.64. The van der Waals surface area contributed by atoms with Gasteiger partial charge in [-0.3, -0.25) is 0 Å². The van der Waals surface area contributed by atoms with Gasteiger partial charge in [0, 0.05) is 5.30 Å². The summed E-state index contributed by atoms with van der Waals surface area (Å²) in [5.74, 6) is -1.31. The van der Waals surface area contributed by atoms with Crippen LogP contribution in [0, 0.1) is 11.6 Å². The molecule has 0 heterocycles. The molecule has 0 N–H and O–H groups in total. The summed E-state index contributed by atoms with van der Waals surface area (Å²) in [6.07, 6.45) is 12.0. The minimum absolute atomic E-state index is 0.535. The van der Waals surface area contributed by atoms with E-state index >= 15 is 0 Å². The molecular weight excluding hydrogens is 285 g/mol. The molecule has 1 unspecified atom stereocenters. The van der Waals surface area contributed by atoms with Crippen molar-refractivity contribution in [3.63, 3.8) is 0 Å². The van der Waals surface area contributed by atoms with Gasteiger partial charge in [-0.25, -0.2) is 8.78 Å². The van der Waals surface area contributed by atoms with Crippen molar-refractivity contribution in [2.75, 3.05) is 12.3 Å². The normalized spacial score (nSPS) is 12.6. The van der Waals surface area contributed by atoms with Crippen LogP contribution < -0.4 is 5.30 Å². The molecule has 1 atom stereocenters. The molecule has 0 aromatic heterocycles. The lowest BCUT2D eigenvalue weighted by Gasteiger charge is -2.18. The minimum Gasteiger partial charge on any atom is -0.204 e. The maximum Gasteiger partial charge on any atom is 0.166 e. The van der Waals surface area contributed by atoms with Gasteiger partial charge in [0.2, 0.25) is 0 Å². The number of benzene rings is 1. The molecule has 0 saturated carbocycles. The van der Waals surface area contributed by atoms with Crippen LogP contribution in [-0.2, 0) is 0 Å². The first-order valence-corrected chi connectivity index (χ1v) is 10.1. The molecule has 0 amide bonds. The Labute approximate surface area is 130 Å². The highest BCUT2D eigenvalue weighted by atomic mass is 31.1. The highest BCUT2D eigenvalue weighted by Crippen LogP contribution is 2.37. The van der Waals surface area contributed by atoms with Gasteiger partial charge in [-0.2, -0.15) is 0 Å². The molecule has 0 radical (unpaired) electrons. The Hall–Kier alpha value is -0.490. The lowest BCUT2D eigenvalue weighted by atomic mass is 10.1. The van der Waals surface area contributed by atoms with E-state index in [1.165, 1.54) is 44.6 Å². The number of hydrogen-bond donors (Lipinski definition) is 0. The zero-order valence-electron chi connectivity index (χ0n) is 13.5. The van der Waals surface area contributed by atoms with Gasteiger partial charge in [0.05, 0.1) is 0 Å². The third-order valence-electron chi connectivity index (χ3n) is 3.80. The second kappa shape index (κ2) is 11.1. The molecule has 0 aliphatic heterocycles. The molecule has 0 bridgehead atoms. The lowest BCUT2D eigenvalue weighted by molar-refractivity contribution is 0.514. The van der Waals surface area contributed by atoms with Crippen molar-refractivity contribution in [1.82, 2.24) is 0 Å². The first kappa shape index (κ1) is 18.6. The molecule has 0 aliphatic rings. The maximum absolute atomic E-state index is 13.9. The number of unbranched alkanes of at least 4 members (excludes halogenated alkanes) is 6. The lowest BCUT2D eigenvalue weighted by Crippen LogP contribution is -2.12. The predicted octanol–water partition coefficient (Wildman–Crippen LogP) is 6.23. The Balaban J connectivity index is 2.41. The van der Waals surface area contributed by atoms with Crippen LogP contribution in [-0.4, -0.2) is 12.3 Å². The van der Waals surface area contributed by atoms with Crippen LogP contribution in [0.1, 0.15) is 65.2 Å². The highest BCUT2D eigenvalue weighted by molar-refractivity contribution is 7.65. The van der Waals surface area contributed by atoms with Crippen LogP contribution in [0.4, 0.5) is 8.78 Å². The van der Waals surface area contributed by atoms with Gasteiger partial charge in [-0.1, -0.05) is 78.8 Å². The van der Waals surface area contributed by atoms with E-state index in [2.05, 4.69) is 13.8 Å². The standard InChI is InChI=1S/C18H29F2P/c1-3-5-6-7-8-9-10-15-21(14-4-2)17-13-11-12-16(19)18(17)20/h11-13H,3-10,14-15H2,1-2H3. The average molecular weight is 314 g/mol. The molecule has 0 spiro atoms. The Morgan fingerprint density at radius 3 is 2.14 bits per heavy atom. The number of hydrogen-bond acceptors (Lipinski definition) is 0. The summed E-state index contributed by atoms with van der Waals surface area (Å²) in [4.78, 5) is 0. The van der Waals surface area contributed by atoms with Crippen molar-refractivity contribution < 1.29 is 8.78 Å².